The summed E-state index contributed by atoms with van der Waals surface area (Å²) in [6.45, 7) is 3.74. The van der Waals surface area contributed by atoms with E-state index in [-0.39, 0.29) is 11.2 Å². The lowest BCUT2D eigenvalue weighted by Crippen LogP contribution is -2.44. The maximum Gasteiger partial charge on any atom is 0.125 e. The largest absolute Gasteiger partial charge is 0.378 e. The molecule has 0 amide bonds. The zero-order chi connectivity index (χ0) is 13.3. The fourth-order valence-corrected chi connectivity index (χ4v) is 3.21. The second kappa shape index (κ2) is 5.10. The summed E-state index contributed by atoms with van der Waals surface area (Å²) in [7, 11) is 0. The van der Waals surface area contributed by atoms with Crippen molar-refractivity contribution in [1.29, 1.82) is 0 Å². The lowest BCUT2D eigenvalue weighted by Gasteiger charge is -2.44. The number of morpholine rings is 1. The van der Waals surface area contributed by atoms with Crippen LogP contribution in [0.2, 0.25) is 0 Å². The third-order valence-corrected chi connectivity index (χ3v) is 4.58. The second-order valence-corrected chi connectivity index (χ2v) is 5.60. The molecular weight excluding hydrogens is 243 g/mol. The first-order chi connectivity index (χ1) is 9.25. The summed E-state index contributed by atoms with van der Waals surface area (Å²) in [6, 6.07) is 5.16. The Bertz CT molecular complexity index is 448. The van der Waals surface area contributed by atoms with Gasteiger partial charge in [0, 0.05) is 30.7 Å². The van der Waals surface area contributed by atoms with E-state index in [9.17, 15) is 4.39 Å². The Labute approximate surface area is 113 Å². The number of benzene rings is 1. The molecule has 0 bridgehead atoms. The van der Waals surface area contributed by atoms with Crippen molar-refractivity contribution >= 4 is 5.69 Å². The molecule has 1 aliphatic carbocycles. The molecular formula is C15H21FN2O. The number of nitrogens with zero attached hydrogens (tertiary/aromatic N) is 1. The summed E-state index contributed by atoms with van der Waals surface area (Å²) in [6.07, 6.45) is 3.45. The first-order valence-corrected chi connectivity index (χ1v) is 7.08. The van der Waals surface area contributed by atoms with E-state index < -0.39 is 0 Å². The fraction of sp³-hybridized carbons (Fsp3) is 0.600. The number of halogens is 1. The fourth-order valence-electron chi connectivity index (χ4n) is 3.21. The quantitative estimate of drug-likeness (QED) is 0.908. The minimum Gasteiger partial charge on any atom is -0.378 e. The van der Waals surface area contributed by atoms with Gasteiger partial charge in [-0.1, -0.05) is 12.5 Å². The Kier molecular flexibility index (Phi) is 3.46. The average Bonchev–Trinajstić information content (AvgIpc) is 2.40. The molecule has 104 valence electrons. The Morgan fingerprint density at radius 2 is 2.00 bits per heavy atom. The second-order valence-electron chi connectivity index (χ2n) is 5.60. The maximum atomic E-state index is 13.6. The number of rotatable bonds is 3. The van der Waals surface area contributed by atoms with E-state index in [0.717, 1.165) is 31.6 Å². The Balaban J connectivity index is 1.98. The van der Waals surface area contributed by atoms with Crippen molar-refractivity contribution in [2.75, 3.05) is 37.7 Å². The van der Waals surface area contributed by atoms with Crippen LogP contribution >= 0.6 is 0 Å². The topological polar surface area (TPSA) is 38.5 Å². The summed E-state index contributed by atoms with van der Waals surface area (Å²) in [5.41, 5.74) is 8.32. The van der Waals surface area contributed by atoms with Gasteiger partial charge in [-0.3, -0.25) is 0 Å². The van der Waals surface area contributed by atoms with E-state index >= 15 is 0 Å². The molecule has 4 heteroatoms. The highest BCUT2D eigenvalue weighted by Gasteiger charge is 2.39. The molecule has 1 aromatic carbocycles. The summed E-state index contributed by atoms with van der Waals surface area (Å²) < 4.78 is 19.0. The van der Waals surface area contributed by atoms with Crippen molar-refractivity contribution in [3.63, 3.8) is 0 Å². The molecule has 3 rings (SSSR count). The van der Waals surface area contributed by atoms with Gasteiger partial charge in [-0.15, -0.1) is 0 Å². The first kappa shape index (κ1) is 12.9. The molecule has 0 atom stereocenters. The average molecular weight is 264 g/mol. The van der Waals surface area contributed by atoms with Gasteiger partial charge in [-0.05, 0) is 30.5 Å². The van der Waals surface area contributed by atoms with E-state index in [1.165, 1.54) is 12.0 Å². The van der Waals surface area contributed by atoms with Gasteiger partial charge in [-0.2, -0.15) is 0 Å². The van der Waals surface area contributed by atoms with Crippen molar-refractivity contribution < 1.29 is 9.13 Å². The van der Waals surface area contributed by atoms with Crippen molar-refractivity contribution in [3.05, 3.63) is 29.6 Å². The van der Waals surface area contributed by atoms with Gasteiger partial charge in [0.2, 0.25) is 0 Å². The minimum atomic E-state index is -0.170. The number of hydrogen-bond acceptors (Lipinski definition) is 3. The monoisotopic (exact) mass is 264 g/mol. The van der Waals surface area contributed by atoms with Gasteiger partial charge < -0.3 is 15.4 Å². The highest BCUT2D eigenvalue weighted by molar-refractivity contribution is 5.58. The van der Waals surface area contributed by atoms with Crippen molar-refractivity contribution in [2.24, 2.45) is 5.73 Å². The van der Waals surface area contributed by atoms with Gasteiger partial charge in [-0.25, -0.2) is 4.39 Å². The standard InChI is InChI=1S/C15H21FN2O/c16-12-2-3-13(15(11-17)4-1-5-15)14(10-12)18-6-8-19-9-7-18/h2-3,10H,1,4-9,11,17H2. The van der Waals surface area contributed by atoms with Gasteiger partial charge in [0.05, 0.1) is 13.2 Å². The summed E-state index contributed by atoms with van der Waals surface area (Å²) in [4.78, 5) is 2.23. The van der Waals surface area contributed by atoms with E-state index in [4.69, 9.17) is 10.5 Å². The van der Waals surface area contributed by atoms with E-state index in [2.05, 4.69) is 4.90 Å². The van der Waals surface area contributed by atoms with E-state index in [1.54, 1.807) is 12.1 Å². The van der Waals surface area contributed by atoms with Crippen LogP contribution in [-0.4, -0.2) is 32.8 Å². The predicted molar refractivity (Wildman–Crippen MR) is 74.0 cm³/mol. The zero-order valence-corrected chi connectivity index (χ0v) is 11.2. The number of nitrogens with two attached hydrogens (primary N) is 1. The molecule has 0 unspecified atom stereocenters. The highest BCUT2D eigenvalue weighted by Crippen LogP contribution is 2.46. The van der Waals surface area contributed by atoms with Gasteiger partial charge in [0.15, 0.2) is 0 Å². The molecule has 1 heterocycles. The molecule has 2 fully saturated rings. The predicted octanol–water partition coefficient (Wildman–Crippen LogP) is 2.04. The molecule has 0 spiro atoms. The molecule has 0 radical (unpaired) electrons. The highest BCUT2D eigenvalue weighted by atomic mass is 19.1. The number of hydrogen-bond donors (Lipinski definition) is 1. The Morgan fingerprint density at radius 1 is 1.26 bits per heavy atom. The summed E-state index contributed by atoms with van der Waals surface area (Å²) in [5, 5.41) is 0. The van der Waals surface area contributed by atoms with Crippen LogP contribution in [0.1, 0.15) is 24.8 Å². The van der Waals surface area contributed by atoms with Crippen LogP contribution in [0.15, 0.2) is 18.2 Å². The Morgan fingerprint density at radius 3 is 2.58 bits per heavy atom. The zero-order valence-electron chi connectivity index (χ0n) is 11.2. The van der Waals surface area contributed by atoms with Crippen molar-refractivity contribution in [2.45, 2.75) is 24.7 Å². The van der Waals surface area contributed by atoms with Crippen LogP contribution in [0, 0.1) is 5.82 Å². The molecule has 1 aromatic rings. The number of ether oxygens (including phenoxy) is 1. The van der Waals surface area contributed by atoms with Crippen LogP contribution < -0.4 is 10.6 Å². The molecule has 19 heavy (non-hydrogen) atoms. The lowest BCUT2D eigenvalue weighted by atomic mass is 9.64. The van der Waals surface area contributed by atoms with E-state index in [1.807, 2.05) is 6.07 Å². The van der Waals surface area contributed by atoms with Crippen LogP contribution in [0.4, 0.5) is 10.1 Å². The van der Waals surface area contributed by atoms with E-state index in [0.29, 0.717) is 19.8 Å². The Hall–Kier alpha value is -1.13. The molecule has 0 aromatic heterocycles. The van der Waals surface area contributed by atoms with Crippen LogP contribution in [0.25, 0.3) is 0 Å². The minimum absolute atomic E-state index is 0.0708. The molecule has 1 saturated carbocycles. The van der Waals surface area contributed by atoms with Crippen molar-refractivity contribution in [1.82, 2.24) is 0 Å². The van der Waals surface area contributed by atoms with Gasteiger partial charge in [0.25, 0.3) is 0 Å². The first-order valence-electron chi connectivity index (χ1n) is 7.08. The molecule has 1 saturated heterocycles. The SMILES string of the molecule is NCC1(c2ccc(F)cc2N2CCOCC2)CCC1. The lowest BCUT2D eigenvalue weighted by molar-refractivity contribution is 0.122. The third-order valence-electron chi connectivity index (χ3n) is 4.58. The van der Waals surface area contributed by atoms with Gasteiger partial charge >= 0.3 is 0 Å². The maximum absolute atomic E-state index is 13.6. The molecule has 2 aliphatic rings. The third kappa shape index (κ3) is 2.23. The number of anilines is 1. The van der Waals surface area contributed by atoms with Crippen LogP contribution in [0.3, 0.4) is 0 Å². The summed E-state index contributed by atoms with van der Waals surface area (Å²) >= 11 is 0. The smallest absolute Gasteiger partial charge is 0.125 e. The molecule has 3 nitrogen and oxygen atoms in total. The normalized spacial score (nSPS) is 22.1. The van der Waals surface area contributed by atoms with Gasteiger partial charge in [0.1, 0.15) is 5.82 Å². The molecule has 1 aliphatic heterocycles. The van der Waals surface area contributed by atoms with Crippen LogP contribution in [-0.2, 0) is 10.2 Å². The van der Waals surface area contributed by atoms with Crippen LogP contribution in [0.5, 0.6) is 0 Å². The summed E-state index contributed by atoms with van der Waals surface area (Å²) in [5.74, 6) is -0.170. The van der Waals surface area contributed by atoms with Crippen molar-refractivity contribution in [3.8, 4) is 0 Å². The molecule has 2 N–H and O–H groups in total.